The fourth-order valence-electron chi connectivity index (χ4n) is 17.8. The maximum atomic E-state index is 13.5. The number of nitrogens with one attached hydrogen (secondary N) is 1. The SMILES string of the molecule is COC(=O)C1CCC(O)CC1.COC[C@@H]1C[C@@H](c2ccc(C(F)(F)F)cc2O)CN1C(=O)OC(C)(C)C.COC[C@@H]1C[C@@H](c2ccc(C(F)(F)F)cc2OC2CCC(C(=O)OC)CC2)CN1.COC[C@@H]1C[C@@H](c2ccc(C(F)(F)F)cc2OC2CCC(C(=O)OC)CC2)CN1C(=O)OC(C)(C)C.COC[C@@H]1C[C@@H](c2ccc(C(F)(F)F)cc2OCc2ccccc2)CN1C(=O)OC(C)(C)C.Cl. The van der Waals surface area contributed by atoms with Gasteiger partial charge < -0.3 is 91.8 Å². The molecule has 0 unspecified atom stereocenters. The lowest BCUT2D eigenvalue weighted by molar-refractivity contribution is -0.148. The summed E-state index contributed by atoms with van der Waals surface area (Å²) in [5.74, 6) is -1.47. The zero-order valence-corrected chi connectivity index (χ0v) is 80.8. The number of amides is 3. The number of likely N-dealkylation sites (tertiary alicyclic amines) is 3. The number of rotatable bonds is 22. The minimum absolute atomic E-state index is 0. The van der Waals surface area contributed by atoms with Crippen molar-refractivity contribution in [2.24, 2.45) is 17.8 Å². The Morgan fingerprint density at radius 1 is 0.382 bits per heavy atom. The normalized spacial score (nSPS) is 23.7. The van der Waals surface area contributed by atoms with E-state index in [4.69, 9.17) is 61.9 Å². The van der Waals surface area contributed by atoms with Crippen LogP contribution < -0.4 is 19.5 Å². The number of ether oxygens (including phenoxy) is 13. The Kier molecular flexibility index (Phi) is 42.3. The van der Waals surface area contributed by atoms with Crippen molar-refractivity contribution in [3.63, 3.8) is 0 Å². The van der Waals surface area contributed by atoms with Crippen LogP contribution in [-0.2, 0) is 93.1 Å². The molecule has 762 valence electrons. The van der Waals surface area contributed by atoms with Gasteiger partial charge in [-0.1, -0.05) is 54.6 Å². The minimum Gasteiger partial charge on any atom is -0.508 e. The number of nitrogens with zero attached hydrogens (tertiary/aromatic N) is 3. The number of alkyl halides is 12. The second-order valence-electron chi connectivity index (χ2n) is 38.1. The molecule has 4 saturated heterocycles. The molecule has 0 spiro atoms. The summed E-state index contributed by atoms with van der Waals surface area (Å²) < 4.78 is 229. The first-order chi connectivity index (χ1) is 63.3. The fraction of sp³-hybridized carbons (Fsp3) is 0.633. The molecule has 38 heteroatoms. The summed E-state index contributed by atoms with van der Waals surface area (Å²) in [4.78, 5) is 77.2. The number of carbonyl (C=O) groups is 6. The second kappa shape index (κ2) is 50.5. The summed E-state index contributed by atoms with van der Waals surface area (Å²) in [7, 11) is 10.4. The average molecular weight is 1970 g/mol. The van der Waals surface area contributed by atoms with Crippen LogP contribution in [-0.4, -0.2) is 223 Å². The van der Waals surface area contributed by atoms with E-state index in [2.05, 4.69) is 10.1 Å². The molecular weight excluding hydrogens is 1830 g/mol. The molecule has 0 aromatic heterocycles. The zero-order chi connectivity index (χ0) is 99.9. The fourth-order valence-corrected chi connectivity index (χ4v) is 17.8. The van der Waals surface area contributed by atoms with Crippen LogP contribution >= 0.6 is 12.4 Å². The van der Waals surface area contributed by atoms with Gasteiger partial charge in [0.15, 0.2) is 0 Å². The topological polar surface area (TPSA) is 285 Å². The minimum atomic E-state index is -4.52. The number of benzene rings is 5. The lowest BCUT2D eigenvalue weighted by Gasteiger charge is -2.29. The summed E-state index contributed by atoms with van der Waals surface area (Å²) in [6, 6.07) is 22.4. The number of halogens is 13. The van der Waals surface area contributed by atoms with Crippen molar-refractivity contribution < 1.29 is 153 Å². The van der Waals surface area contributed by atoms with Crippen molar-refractivity contribution in [1.29, 1.82) is 0 Å². The number of hydrogen-bond acceptors (Lipinski definition) is 22. The number of aliphatic hydroxyl groups is 1. The monoisotopic (exact) mass is 1960 g/mol. The highest BCUT2D eigenvalue weighted by atomic mass is 35.5. The van der Waals surface area contributed by atoms with E-state index in [1.54, 1.807) is 92.4 Å². The lowest BCUT2D eigenvalue weighted by Crippen LogP contribution is -2.41. The van der Waals surface area contributed by atoms with E-state index < -0.39 is 87.8 Å². The molecule has 136 heavy (non-hydrogen) atoms. The van der Waals surface area contributed by atoms with Gasteiger partial charge >= 0.3 is 60.9 Å². The highest BCUT2D eigenvalue weighted by Crippen LogP contribution is 2.47. The van der Waals surface area contributed by atoms with Crippen LogP contribution in [0.4, 0.5) is 67.1 Å². The third-order valence-corrected chi connectivity index (χ3v) is 24.4. The number of hydrogen-bond donors (Lipinski definition) is 3. The van der Waals surface area contributed by atoms with Gasteiger partial charge in [-0.05, 0) is 241 Å². The Morgan fingerprint density at radius 2 is 0.691 bits per heavy atom. The molecule has 8 atom stereocenters. The van der Waals surface area contributed by atoms with Gasteiger partial charge in [-0.25, -0.2) is 14.4 Å². The first-order valence-corrected chi connectivity index (χ1v) is 45.4. The number of esters is 3. The number of carbonyl (C=O) groups excluding carboxylic acids is 6. The van der Waals surface area contributed by atoms with E-state index in [0.29, 0.717) is 119 Å². The highest BCUT2D eigenvalue weighted by Gasteiger charge is 2.46. The predicted molar refractivity (Wildman–Crippen MR) is 481 cm³/mol. The first kappa shape index (κ1) is 114. The van der Waals surface area contributed by atoms with E-state index in [9.17, 15) is 86.6 Å². The molecule has 12 rings (SSSR count). The Bertz CT molecular complexity index is 4620. The van der Waals surface area contributed by atoms with Gasteiger partial charge in [0, 0.05) is 84.3 Å². The summed E-state index contributed by atoms with van der Waals surface area (Å²) in [5, 5.41) is 22.6. The van der Waals surface area contributed by atoms with E-state index in [1.807, 2.05) is 30.3 Å². The van der Waals surface area contributed by atoms with Gasteiger partial charge in [-0.2, -0.15) is 52.7 Å². The van der Waals surface area contributed by atoms with Crippen molar-refractivity contribution in [3.8, 4) is 23.0 Å². The van der Waals surface area contributed by atoms with Gasteiger partial charge in [0.05, 0.1) is 124 Å². The van der Waals surface area contributed by atoms with Crippen LogP contribution in [0.3, 0.4) is 0 Å². The largest absolute Gasteiger partial charge is 0.508 e. The molecule has 25 nitrogen and oxygen atoms in total. The maximum Gasteiger partial charge on any atom is 0.416 e. The Balaban J connectivity index is 0.000000238. The van der Waals surface area contributed by atoms with Crippen LogP contribution in [0.15, 0.2) is 103 Å². The molecule has 5 aromatic rings. The summed E-state index contributed by atoms with van der Waals surface area (Å²) in [6.45, 7) is 19.0. The Labute approximate surface area is 793 Å². The van der Waals surface area contributed by atoms with Gasteiger partial charge in [-0.3, -0.25) is 14.4 Å². The summed E-state index contributed by atoms with van der Waals surface area (Å²) >= 11 is 0. The molecule has 7 aliphatic rings. The Morgan fingerprint density at radius 3 is 1.01 bits per heavy atom. The zero-order valence-electron chi connectivity index (χ0n) is 80.0. The van der Waals surface area contributed by atoms with Crippen LogP contribution in [0.1, 0.15) is 239 Å². The van der Waals surface area contributed by atoms with Gasteiger partial charge in [-0.15, -0.1) is 12.4 Å². The quantitative estimate of drug-likeness (QED) is 0.0330. The van der Waals surface area contributed by atoms with E-state index in [-0.39, 0.29) is 159 Å². The number of phenolic OH excluding ortho intramolecular Hbond substituents is 1. The molecule has 3 N–H and O–H groups in total. The molecule has 7 fully saturated rings. The molecule has 4 heterocycles. The Hall–Kier alpha value is -9.27. The lowest BCUT2D eigenvalue weighted by atomic mass is 9.87. The smallest absolute Gasteiger partial charge is 0.416 e. The van der Waals surface area contributed by atoms with Crippen molar-refractivity contribution in [2.45, 2.75) is 279 Å². The predicted octanol–water partition coefficient (Wildman–Crippen LogP) is 20.8. The van der Waals surface area contributed by atoms with Crippen LogP contribution in [0.25, 0.3) is 0 Å². The molecule has 3 saturated carbocycles. The van der Waals surface area contributed by atoms with Crippen molar-refractivity contribution in [1.82, 2.24) is 20.0 Å². The van der Waals surface area contributed by atoms with E-state index in [1.165, 1.54) is 58.6 Å². The van der Waals surface area contributed by atoms with Gasteiger partial charge in [0.1, 0.15) is 46.4 Å². The summed E-state index contributed by atoms with van der Waals surface area (Å²) in [6.07, 6.45) is -10.2. The van der Waals surface area contributed by atoms with Crippen LogP contribution in [0, 0.1) is 17.8 Å². The highest BCUT2D eigenvalue weighted by molar-refractivity contribution is 5.85. The van der Waals surface area contributed by atoms with E-state index >= 15 is 0 Å². The van der Waals surface area contributed by atoms with Gasteiger partial charge in [0.2, 0.25) is 0 Å². The number of phenols is 1. The second-order valence-corrected chi connectivity index (χ2v) is 38.1. The number of aliphatic hydroxyl groups excluding tert-OH is 1. The molecule has 0 radical (unpaired) electrons. The van der Waals surface area contributed by atoms with Crippen LogP contribution in [0.5, 0.6) is 23.0 Å². The third kappa shape index (κ3) is 34.4. The van der Waals surface area contributed by atoms with E-state index in [0.717, 1.165) is 91.8 Å². The molecule has 3 aliphatic carbocycles. The molecule has 4 aliphatic heterocycles. The van der Waals surface area contributed by atoms with Crippen molar-refractivity contribution in [3.05, 3.63) is 153 Å². The molecular formula is C98H133ClF12N4O21. The molecule has 0 bridgehead atoms. The standard InChI is InChI=1S/C26H36F3NO6.C25H30F3NO4.C21H28F3NO4.C18H24F3NO4.C8H14O3.ClH/c1-25(2,3)36-24(32)30-14-17(12-19(30)15-33-4)21-11-8-18(26(27,28)29)13-22(21)35-20-9-6-16(7-10-20)23(31)34-5;1-24(2,3)33-23(30)29-14-18(12-20(29)16-31-4)21-11-10-19(25(26,27)28)13-22(21)32-15-17-8-6-5-7-9-17;1-27-12-16-9-14(11-25-16)18-8-5-15(21(22,23)24)10-19(18)29-17-6-3-13(4-7-17)20(26)28-2;1-17(2,3)26-16(24)22-9-11(7-13(22)10-25-4)14-6-5-12(8-15(14)23)18(19,20)21;1-11-8(10)6-2-4-7(9)5-3-6;/h8,11,13,16-17,19-20H,6-7,9-10,12,14-15H2,1-5H3;5-11,13,18,20H,12,14-16H2,1-4H3;5,8,10,13-14,16-17,25H,3-4,6-7,9,11-12H2,1-2H3;5-6,8,11,13,23H,7,9-10H2,1-4H3;6-7,9H,2-5H2,1H3;1H/t16?,17-,19+,20?;18-,20+;13?,14-,16+,17?;11-,13+;;/m1111../s1. The number of methoxy groups -OCH3 is 7. The average Bonchev–Trinajstić information content (AvgIpc) is 1.70. The third-order valence-electron chi connectivity index (χ3n) is 24.4. The number of aromatic hydroxyl groups is 1. The molecule has 5 aromatic carbocycles. The summed E-state index contributed by atoms with van der Waals surface area (Å²) in [5.41, 5.74) is -1.93. The van der Waals surface area contributed by atoms with Gasteiger partial charge in [0.25, 0.3) is 0 Å². The first-order valence-electron chi connectivity index (χ1n) is 45.4. The van der Waals surface area contributed by atoms with Crippen molar-refractivity contribution in [2.75, 3.05) is 102 Å². The van der Waals surface area contributed by atoms with Crippen LogP contribution in [0.2, 0.25) is 0 Å². The molecule has 3 amide bonds. The maximum absolute atomic E-state index is 13.5. The van der Waals surface area contributed by atoms with Crippen molar-refractivity contribution >= 4 is 48.6 Å².